The van der Waals surface area contributed by atoms with Crippen LogP contribution in [0.4, 0.5) is 0 Å². The first kappa shape index (κ1) is 16.0. The van der Waals surface area contributed by atoms with E-state index in [1.165, 1.54) is 18.4 Å². The van der Waals surface area contributed by atoms with Gasteiger partial charge in [0.05, 0.1) is 0 Å². The fraction of sp³-hybridized carbons (Fsp3) is 0.647. The van der Waals surface area contributed by atoms with Gasteiger partial charge in [-0.15, -0.1) is 0 Å². The molecule has 2 unspecified atom stereocenters. The Bertz CT molecular complexity index is 351. The van der Waals surface area contributed by atoms with Crippen molar-refractivity contribution < 1.29 is 4.74 Å². The number of nitrogens with one attached hydrogen (secondary N) is 1. The third-order valence-corrected chi connectivity index (χ3v) is 3.76. The second-order valence-electron chi connectivity index (χ2n) is 5.22. The third kappa shape index (κ3) is 5.23. The van der Waals surface area contributed by atoms with Crippen molar-refractivity contribution >= 4 is 0 Å². The fourth-order valence-corrected chi connectivity index (χ4v) is 2.15. The molecule has 2 heteroatoms. The first-order valence-corrected chi connectivity index (χ1v) is 7.66. The second kappa shape index (κ2) is 8.98. The van der Waals surface area contributed by atoms with Crippen LogP contribution < -0.4 is 10.1 Å². The number of ether oxygens (including phenoxy) is 1. The first-order valence-electron chi connectivity index (χ1n) is 7.66. The molecule has 2 atom stereocenters. The van der Waals surface area contributed by atoms with Crippen molar-refractivity contribution in [3.63, 3.8) is 0 Å². The predicted octanol–water partition coefficient (Wildman–Crippen LogP) is 4.04. The average Bonchev–Trinajstić information content (AvgIpc) is 2.47. The third-order valence-electron chi connectivity index (χ3n) is 3.76. The van der Waals surface area contributed by atoms with E-state index < -0.39 is 0 Å². The van der Waals surface area contributed by atoms with E-state index in [1.54, 1.807) is 0 Å². The van der Waals surface area contributed by atoms with E-state index in [0.29, 0.717) is 12.0 Å². The zero-order valence-electron chi connectivity index (χ0n) is 12.9. The van der Waals surface area contributed by atoms with Crippen LogP contribution in [-0.4, -0.2) is 19.2 Å². The van der Waals surface area contributed by atoms with Crippen LogP contribution in [0.15, 0.2) is 24.3 Å². The van der Waals surface area contributed by atoms with Crippen molar-refractivity contribution in [3.8, 4) is 5.75 Å². The van der Waals surface area contributed by atoms with Crippen molar-refractivity contribution in [2.24, 2.45) is 5.92 Å². The van der Waals surface area contributed by atoms with Crippen LogP contribution in [-0.2, 0) is 6.42 Å². The van der Waals surface area contributed by atoms with E-state index in [2.05, 4.69) is 51.2 Å². The summed E-state index contributed by atoms with van der Waals surface area (Å²) in [5.41, 5.74) is 1.29. The highest BCUT2D eigenvalue weighted by Crippen LogP contribution is 2.19. The molecule has 0 aromatic heterocycles. The highest BCUT2D eigenvalue weighted by atomic mass is 16.5. The Hall–Kier alpha value is -1.02. The second-order valence-corrected chi connectivity index (χ2v) is 5.22. The maximum Gasteiger partial charge on any atom is 0.122 e. The Kier molecular flexibility index (Phi) is 7.57. The minimum Gasteiger partial charge on any atom is -0.492 e. The highest BCUT2D eigenvalue weighted by Gasteiger charge is 2.16. The van der Waals surface area contributed by atoms with Crippen molar-refractivity contribution in [1.29, 1.82) is 0 Å². The number of hydrogen-bond donors (Lipinski definition) is 1. The maximum absolute atomic E-state index is 6.05. The van der Waals surface area contributed by atoms with Crippen LogP contribution in [0.25, 0.3) is 0 Å². The summed E-state index contributed by atoms with van der Waals surface area (Å²) in [4.78, 5) is 0. The minimum absolute atomic E-state index is 0.440. The van der Waals surface area contributed by atoms with Gasteiger partial charge in [-0.3, -0.25) is 0 Å². The molecule has 0 radical (unpaired) electrons. The summed E-state index contributed by atoms with van der Waals surface area (Å²) in [6, 6.07) is 8.79. The van der Waals surface area contributed by atoms with Crippen LogP contribution >= 0.6 is 0 Å². The molecule has 0 saturated carbocycles. The summed E-state index contributed by atoms with van der Waals surface area (Å²) in [5, 5.41) is 3.60. The summed E-state index contributed by atoms with van der Waals surface area (Å²) in [6.07, 6.45) is 3.37. The number of hydrogen-bond acceptors (Lipinski definition) is 2. The van der Waals surface area contributed by atoms with E-state index in [0.717, 1.165) is 25.3 Å². The highest BCUT2D eigenvalue weighted by molar-refractivity contribution is 5.33. The van der Waals surface area contributed by atoms with Gasteiger partial charge in [0.1, 0.15) is 12.4 Å². The Morgan fingerprint density at radius 3 is 2.53 bits per heavy atom. The molecule has 0 spiro atoms. The molecule has 2 nitrogen and oxygen atoms in total. The Morgan fingerprint density at radius 2 is 1.89 bits per heavy atom. The molecular formula is C17H29NO. The van der Waals surface area contributed by atoms with E-state index in [-0.39, 0.29) is 0 Å². The summed E-state index contributed by atoms with van der Waals surface area (Å²) >= 11 is 0. The van der Waals surface area contributed by atoms with Gasteiger partial charge in [-0.2, -0.15) is 0 Å². The van der Waals surface area contributed by atoms with E-state index >= 15 is 0 Å². The van der Waals surface area contributed by atoms with E-state index in [9.17, 15) is 0 Å². The Labute approximate surface area is 118 Å². The average molecular weight is 263 g/mol. The van der Waals surface area contributed by atoms with Gasteiger partial charge in [-0.25, -0.2) is 0 Å². The van der Waals surface area contributed by atoms with Crippen LogP contribution in [0.1, 0.15) is 46.1 Å². The summed E-state index contributed by atoms with van der Waals surface area (Å²) in [7, 11) is 0. The lowest BCUT2D eigenvalue weighted by molar-refractivity contribution is 0.219. The van der Waals surface area contributed by atoms with Gasteiger partial charge in [0.25, 0.3) is 0 Å². The zero-order valence-corrected chi connectivity index (χ0v) is 12.9. The SMILES string of the molecule is CCCNC(COc1ccccc1CC)C(C)CC. The lowest BCUT2D eigenvalue weighted by Crippen LogP contribution is -2.40. The number of rotatable bonds is 9. The van der Waals surface area contributed by atoms with Gasteiger partial charge in [0, 0.05) is 6.04 Å². The molecular weight excluding hydrogens is 234 g/mol. The molecule has 0 bridgehead atoms. The number of benzene rings is 1. The monoisotopic (exact) mass is 263 g/mol. The van der Waals surface area contributed by atoms with Gasteiger partial charge in [0.2, 0.25) is 0 Å². The zero-order chi connectivity index (χ0) is 14.1. The lowest BCUT2D eigenvalue weighted by atomic mass is 10.00. The van der Waals surface area contributed by atoms with Crippen molar-refractivity contribution in [2.75, 3.05) is 13.2 Å². The molecule has 0 aliphatic heterocycles. The number of aryl methyl sites for hydroxylation is 1. The molecule has 0 fully saturated rings. The number of para-hydroxylation sites is 1. The Morgan fingerprint density at radius 1 is 1.16 bits per heavy atom. The van der Waals surface area contributed by atoms with Crippen molar-refractivity contribution in [1.82, 2.24) is 5.32 Å². The maximum atomic E-state index is 6.05. The lowest BCUT2D eigenvalue weighted by Gasteiger charge is -2.25. The molecule has 1 N–H and O–H groups in total. The van der Waals surface area contributed by atoms with Gasteiger partial charge >= 0.3 is 0 Å². The standard InChI is InChI=1S/C17H29NO/c1-5-12-18-16(14(4)6-2)13-19-17-11-9-8-10-15(17)7-3/h8-11,14,16,18H,5-7,12-13H2,1-4H3. The summed E-state index contributed by atoms with van der Waals surface area (Å²) in [6.45, 7) is 10.7. The largest absolute Gasteiger partial charge is 0.492 e. The molecule has 108 valence electrons. The molecule has 0 heterocycles. The van der Waals surface area contributed by atoms with Crippen LogP contribution in [0.2, 0.25) is 0 Å². The van der Waals surface area contributed by atoms with E-state index in [4.69, 9.17) is 4.74 Å². The molecule has 0 aliphatic rings. The quantitative estimate of drug-likeness (QED) is 0.726. The molecule has 1 aromatic carbocycles. The van der Waals surface area contributed by atoms with Gasteiger partial charge in [-0.05, 0) is 36.9 Å². The molecule has 0 amide bonds. The predicted molar refractivity (Wildman–Crippen MR) is 82.9 cm³/mol. The van der Waals surface area contributed by atoms with Gasteiger partial charge < -0.3 is 10.1 Å². The van der Waals surface area contributed by atoms with Crippen LogP contribution in [0.5, 0.6) is 5.75 Å². The molecule has 19 heavy (non-hydrogen) atoms. The van der Waals surface area contributed by atoms with Crippen LogP contribution in [0, 0.1) is 5.92 Å². The normalized spacial score (nSPS) is 14.1. The Balaban J connectivity index is 2.59. The van der Waals surface area contributed by atoms with Crippen molar-refractivity contribution in [3.05, 3.63) is 29.8 Å². The topological polar surface area (TPSA) is 21.3 Å². The van der Waals surface area contributed by atoms with Crippen molar-refractivity contribution in [2.45, 2.75) is 53.0 Å². The first-order chi connectivity index (χ1) is 9.22. The minimum atomic E-state index is 0.440. The molecule has 1 rings (SSSR count). The molecule has 0 aliphatic carbocycles. The molecule has 1 aromatic rings. The van der Waals surface area contributed by atoms with Gasteiger partial charge in [-0.1, -0.05) is 52.3 Å². The van der Waals surface area contributed by atoms with Crippen LogP contribution in [0.3, 0.4) is 0 Å². The van der Waals surface area contributed by atoms with Gasteiger partial charge in [0.15, 0.2) is 0 Å². The summed E-state index contributed by atoms with van der Waals surface area (Å²) < 4.78 is 6.05. The van der Waals surface area contributed by atoms with E-state index in [1.807, 2.05) is 6.07 Å². The fourth-order valence-electron chi connectivity index (χ4n) is 2.15. The summed E-state index contributed by atoms with van der Waals surface area (Å²) in [5.74, 6) is 1.68. The smallest absolute Gasteiger partial charge is 0.122 e. The molecule has 0 saturated heterocycles.